The molecule has 5 rings (SSSR count). The third-order valence-corrected chi connectivity index (χ3v) is 5.98. The van der Waals surface area contributed by atoms with Crippen LogP contribution >= 0.6 is 0 Å². The molecular formula is C29H23F3N4O. The maximum Gasteiger partial charge on any atom is 0.433 e. The standard InChI is InChI=1S/C29H23F3N4O/c1-18-4-8-21(9-5-18)25-16-26(22-10-6-19(2)7-11-22)36(35-25)28-33-24(17-27(34-28)29(30,31)32)20-12-14-23(37-3)15-13-20/h4-17H,1-3H3. The maximum absolute atomic E-state index is 13.9. The van der Waals surface area contributed by atoms with Crippen molar-refractivity contribution in [1.29, 1.82) is 0 Å². The number of halogens is 3. The molecule has 3 aromatic carbocycles. The van der Waals surface area contributed by atoms with Crippen LogP contribution in [0.2, 0.25) is 0 Å². The first-order chi connectivity index (χ1) is 17.7. The molecule has 0 amide bonds. The monoisotopic (exact) mass is 500 g/mol. The van der Waals surface area contributed by atoms with E-state index in [9.17, 15) is 13.2 Å². The van der Waals surface area contributed by atoms with E-state index in [4.69, 9.17) is 4.74 Å². The fraction of sp³-hybridized carbons (Fsp3) is 0.138. The Balaban J connectivity index is 1.72. The van der Waals surface area contributed by atoms with Crippen molar-refractivity contribution in [2.75, 3.05) is 7.11 Å². The van der Waals surface area contributed by atoms with Crippen molar-refractivity contribution >= 4 is 0 Å². The highest BCUT2D eigenvalue weighted by Crippen LogP contribution is 2.33. The van der Waals surface area contributed by atoms with E-state index in [2.05, 4.69) is 15.1 Å². The van der Waals surface area contributed by atoms with Crippen LogP contribution < -0.4 is 4.74 Å². The predicted octanol–water partition coefficient (Wildman–Crippen LogP) is 7.31. The van der Waals surface area contributed by atoms with Crippen molar-refractivity contribution in [3.63, 3.8) is 0 Å². The summed E-state index contributed by atoms with van der Waals surface area (Å²) in [6, 6.07) is 24.9. The Hall–Kier alpha value is -4.46. The van der Waals surface area contributed by atoms with Gasteiger partial charge in [-0.2, -0.15) is 23.0 Å². The fourth-order valence-corrected chi connectivity index (χ4v) is 3.91. The smallest absolute Gasteiger partial charge is 0.433 e. The van der Waals surface area contributed by atoms with Crippen LogP contribution in [-0.4, -0.2) is 26.9 Å². The van der Waals surface area contributed by atoms with Gasteiger partial charge in [0.2, 0.25) is 0 Å². The average Bonchev–Trinajstić information content (AvgIpc) is 3.34. The van der Waals surface area contributed by atoms with Crippen molar-refractivity contribution in [2.45, 2.75) is 20.0 Å². The summed E-state index contributed by atoms with van der Waals surface area (Å²) in [4.78, 5) is 8.41. The summed E-state index contributed by atoms with van der Waals surface area (Å²) in [6.45, 7) is 3.95. The Morgan fingerprint density at radius 2 is 1.22 bits per heavy atom. The van der Waals surface area contributed by atoms with Gasteiger partial charge >= 0.3 is 6.18 Å². The molecule has 0 radical (unpaired) electrons. The molecule has 0 unspecified atom stereocenters. The van der Waals surface area contributed by atoms with Crippen LogP contribution in [0.25, 0.3) is 39.7 Å². The molecule has 0 saturated heterocycles. The molecule has 37 heavy (non-hydrogen) atoms. The molecule has 0 aliphatic heterocycles. The highest BCUT2D eigenvalue weighted by atomic mass is 19.4. The van der Waals surface area contributed by atoms with Gasteiger partial charge in [-0.1, -0.05) is 59.7 Å². The Bertz CT molecular complexity index is 1540. The van der Waals surface area contributed by atoms with Gasteiger partial charge in [-0.3, -0.25) is 0 Å². The van der Waals surface area contributed by atoms with Crippen molar-refractivity contribution in [2.24, 2.45) is 0 Å². The van der Waals surface area contributed by atoms with Crippen LogP contribution in [0.1, 0.15) is 16.8 Å². The van der Waals surface area contributed by atoms with Crippen LogP contribution in [0.3, 0.4) is 0 Å². The van der Waals surface area contributed by atoms with Gasteiger partial charge in [-0.25, -0.2) is 9.97 Å². The molecule has 0 fully saturated rings. The Morgan fingerprint density at radius 3 is 1.78 bits per heavy atom. The lowest BCUT2D eigenvalue weighted by molar-refractivity contribution is -0.141. The predicted molar refractivity (Wildman–Crippen MR) is 136 cm³/mol. The van der Waals surface area contributed by atoms with Gasteiger partial charge in [0.15, 0.2) is 5.69 Å². The minimum Gasteiger partial charge on any atom is -0.497 e. The molecule has 8 heteroatoms. The third kappa shape index (κ3) is 5.09. The molecule has 0 N–H and O–H groups in total. The van der Waals surface area contributed by atoms with Gasteiger partial charge in [-0.05, 0) is 50.2 Å². The van der Waals surface area contributed by atoms with Gasteiger partial charge in [-0.15, -0.1) is 0 Å². The Labute approximate surface area is 212 Å². The maximum atomic E-state index is 13.9. The molecule has 5 aromatic rings. The van der Waals surface area contributed by atoms with Gasteiger partial charge in [0.05, 0.1) is 24.2 Å². The molecular weight excluding hydrogens is 477 g/mol. The van der Waals surface area contributed by atoms with Crippen LogP contribution in [0.5, 0.6) is 5.75 Å². The number of hydrogen-bond acceptors (Lipinski definition) is 4. The summed E-state index contributed by atoms with van der Waals surface area (Å²) in [5.74, 6) is 0.417. The summed E-state index contributed by atoms with van der Waals surface area (Å²) >= 11 is 0. The molecule has 0 saturated carbocycles. The number of methoxy groups -OCH3 is 1. The quantitative estimate of drug-likeness (QED) is 0.254. The first kappa shape index (κ1) is 24.2. The normalized spacial score (nSPS) is 11.5. The highest BCUT2D eigenvalue weighted by Gasteiger charge is 2.34. The average molecular weight is 501 g/mol. The molecule has 0 atom stereocenters. The second kappa shape index (κ2) is 9.54. The van der Waals surface area contributed by atoms with E-state index in [1.165, 1.54) is 11.8 Å². The topological polar surface area (TPSA) is 52.8 Å². The zero-order valence-electron chi connectivity index (χ0n) is 20.4. The van der Waals surface area contributed by atoms with E-state index < -0.39 is 11.9 Å². The highest BCUT2D eigenvalue weighted by molar-refractivity contribution is 5.70. The Morgan fingerprint density at radius 1 is 0.676 bits per heavy atom. The minimum absolute atomic E-state index is 0.127. The van der Waals surface area contributed by atoms with Crippen LogP contribution in [0.15, 0.2) is 84.9 Å². The van der Waals surface area contributed by atoms with Crippen molar-refractivity contribution in [1.82, 2.24) is 19.7 Å². The number of nitrogens with zero attached hydrogens (tertiary/aromatic N) is 4. The molecule has 2 aromatic heterocycles. The van der Waals surface area contributed by atoms with E-state index in [0.717, 1.165) is 28.3 Å². The second-order valence-electron chi connectivity index (χ2n) is 8.72. The van der Waals surface area contributed by atoms with Crippen molar-refractivity contribution in [3.05, 3.63) is 102 Å². The summed E-state index contributed by atoms with van der Waals surface area (Å²) < 4.78 is 48.4. The lowest BCUT2D eigenvalue weighted by Crippen LogP contribution is -2.14. The number of aryl methyl sites for hydroxylation is 2. The van der Waals surface area contributed by atoms with E-state index in [-0.39, 0.29) is 11.6 Å². The molecule has 0 spiro atoms. The van der Waals surface area contributed by atoms with Crippen LogP contribution in [-0.2, 0) is 6.18 Å². The zero-order valence-corrected chi connectivity index (χ0v) is 20.4. The number of hydrogen-bond donors (Lipinski definition) is 0. The van der Waals surface area contributed by atoms with E-state index in [0.29, 0.717) is 22.7 Å². The zero-order chi connectivity index (χ0) is 26.2. The molecule has 0 aliphatic carbocycles. The summed E-state index contributed by atoms with van der Waals surface area (Å²) in [5, 5.41) is 4.67. The summed E-state index contributed by atoms with van der Waals surface area (Å²) in [7, 11) is 1.52. The third-order valence-electron chi connectivity index (χ3n) is 5.98. The largest absolute Gasteiger partial charge is 0.497 e. The fourth-order valence-electron chi connectivity index (χ4n) is 3.91. The molecule has 186 valence electrons. The summed E-state index contributed by atoms with van der Waals surface area (Å²) in [5.41, 5.74) is 4.52. The second-order valence-corrected chi connectivity index (χ2v) is 8.72. The number of aromatic nitrogens is 4. The number of alkyl halides is 3. The SMILES string of the molecule is COc1ccc(-c2cc(C(F)(F)F)nc(-n3nc(-c4ccc(C)cc4)cc3-c3ccc(C)cc3)n2)cc1. The number of benzene rings is 3. The number of rotatable bonds is 5. The van der Waals surface area contributed by atoms with Crippen molar-refractivity contribution < 1.29 is 17.9 Å². The first-order valence-corrected chi connectivity index (χ1v) is 11.6. The van der Waals surface area contributed by atoms with Crippen LogP contribution in [0, 0.1) is 13.8 Å². The van der Waals surface area contributed by atoms with E-state index >= 15 is 0 Å². The minimum atomic E-state index is -4.67. The van der Waals surface area contributed by atoms with E-state index in [1.807, 2.05) is 68.4 Å². The molecule has 5 nitrogen and oxygen atoms in total. The first-order valence-electron chi connectivity index (χ1n) is 11.6. The molecule has 0 bridgehead atoms. The van der Waals surface area contributed by atoms with E-state index in [1.54, 1.807) is 24.3 Å². The number of ether oxygens (including phenoxy) is 1. The lowest BCUT2D eigenvalue weighted by atomic mass is 10.1. The van der Waals surface area contributed by atoms with Gasteiger partial charge in [0.1, 0.15) is 5.75 Å². The molecule has 0 aliphatic rings. The Kier molecular flexibility index (Phi) is 6.25. The molecule has 2 heterocycles. The van der Waals surface area contributed by atoms with Crippen LogP contribution in [0.4, 0.5) is 13.2 Å². The van der Waals surface area contributed by atoms with Gasteiger partial charge in [0, 0.05) is 16.7 Å². The van der Waals surface area contributed by atoms with Gasteiger partial charge < -0.3 is 4.74 Å². The van der Waals surface area contributed by atoms with Crippen molar-refractivity contribution in [3.8, 4) is 45.5 Å². The lowest BCUT2D eigenvalue weighted by Gasteiger charge is -2.13. The summed E-state index contributed by atoms with van der Waals surface area (Å²) in [6.07, 6.45) is -4.67. The van der Waals surface area contributed by atoms with Gasteiger partial charge in [0.25, 0.3) is 5.95 Å².